The minimum atomic E-state index is -0.562. The fourth-order valence-electron chi connectivity index (χ4n) is 2.79. The zero-order chi connectivity index (χ0) is 21.3. The molecule has 3 aromatic carbocycles. The monoisotopic (exact) mass is 404 g/mol. The lowest BCUT2D eigenvalue weighted by atomic mass is 10.1. The zero-order valence-electron chi connectivity index (χ0n) is 17.2. The molecule has 30 heavy (non-hydrogen) atoms. The number of carbonyl (C=O) groups excluding carboxylic acids is 1. The summed E-state index contributed by atoms with van der Waals surface area (Å²) < 4.78 is 15.6. The third-order valence-corrected chi connectivity index (χ3v) is 4.54. The Morgan fingerprint density at radius 1 is 0.767 bits per heavy atom. The number of nitrogens with one attached hydrogen (secondary N) is 1. The molecule has 0 fully saturated rings. The van der Waals surface area contributed by atoms with Gasteiger partial charge in [0.2, 0.25) is 0 Å². The van der Waals surface area contributed by atoms with Crippen molar-refractivity contribution in [3.05, 3.63) is 89.5 Å². The number of rotatable bonds is 8. The van der Waals surface area contributed by atoms with Gasteiger partial charge in [0.15, 0.2) is 0 Å². The zero-order valence-corrected chi connectivity index (χ0v) is 17.2. The number of hydrogen-bond donors (Lipinski definition) is 1. The van der Waals surface area contributed by atoms with E-state index in [2.05, 4.69) is 10.3 Å². The highest BCUT2D eigenvalue weighted by molar-refractivity contribution is 5.94. The van der Waals surface area contributed by atoms with Gasteiger partial charge in [-0.15, -0.1) is 0 Å². The number of nitrogens with zero attached hydrogens (tertiary/aromatic N) is 1. The summed E-state index contributed by atoms with van der Waals surface area (Å²) in [4.78, 5) is 17.4. The van der Waals surface area contributed by atoms with Gasteiger partial charge in [-0.2, -0.15) is 0 Å². The van der Waals surface area contributed by atoms with Crippen LogP contribution in [0.3, 0.4) is 0 Å². The molecule has 0 radical (unpaired) electrons. The number of amides is 1. The second kappa shape index (κ2) is 10.1. The van der Waals surface area contributed by atoms with Gasteiger partial charge in [-0.3, -0.25) is 9.79 Å². The lowest BCUT2D eigenvalue weighted by Gasteiger charge is -2.16. The molecule has 0 bridgehead atoms. The van der Waals surface area contributed by atoms with Gasteiger partial charge in [-0.05, 0) is 71.8 Å². The number of benzene rings is 3. The maximum Gasteiger partial charge on any atom is 0.253 e. The molecule has 0 aromatic heterocycles. The molecule has 0 aliphatic rings. The highest BCUT2D eigenvalue weighted by Crippen LogP contribution is 2.20. The quantitative estimate of drug-likeness (QED) is 0.570. The molecule has 1 N–H and O–H groups in total. The predicted molar refractivity (Wildman–Crippen MR) is 117 cm³/mol. The Morgan fingerprint density at radius 2 is 1.23 bits per heavy atom. The van der Waals surface area contributed by atoms with E-state index in [4.69, 9.17) is 14.2 Å². The molecular weight excluding hydrogens is 380 g/mol. The van der Waals surface area contributed by atoms with E-state index in [1.807, 2.05) is 48.5 Å². The van der Waals surface area contributed by atoms with Crippen LogP contribution in [0.2, 0.25) is 0 Å². The third kappa shape index (κ3) is 5.38. The molecule has 0 aliphatic carbocycles. The molecule has 1 atom stereocenters. The van der Waals surface area contributed by atoms with E-state index in [0.29, 0.717) is 11.3 Å². The second-order valence-corrected chi connectivity index (χ2v) is 6.43. The van der Waals surface area contributed by atoms with Gasteiger partial charge in [0, 0.05) is 11.8 Å². The average molecular weight is 404 g/mol. The Morgan fingerprint density at radius 3 is 1.73 bits per heavy atom. The Balaban J connectivity index is 1.83. The maximum atomic E-state index is 12.8. The van der Waals surface area contributed by atoms with Crippen LogP contribution in [-0.2, 0) is 0 Å². The van der Waals surface area contributed by atoms with Crippen LogP contribution in [0, 0.1) is 0 Å². The van der Waals surface area contributed by atoms with E-state index in [9.17, 15) is 4.79 Å². The third-order valence-electron chi connectivity index (χ3n) is 4.54. The summed E-state index contributed by atoms with van der Waals surface area (Å²) in [5.41, 5.74) is 2.25. The van der Waals surface area contributed by atoms with E-state index < -0.39 is 6.17 Å². The van der Waals surface area contributed by atoms with Gasteiger partial charge in [0.25, 0.3) is 5.91 Å². The van der Waals surface area contributed by atoms with Crippen LogP contribution in [0.5, 0.6) is 17.2 Å². The van der Waals surface area contributed by atoms with Crippen molar-refractivity contribution in [2.45, 2.75) is 6.17 Å². The molecule has 0 unspecified atom stereocenters. The van der Waals surface area contributed by atoms with Crippen molar-refractivity contribution >= 4 is 12.1 Å². The number of hydrogen-bond acceptors (Lipinski definition) is 5. The lowest BCUT2D eigenvalue weighted by Crippen LogP contribution is -2.27. The topological polar surface area (TPSA) is 69.2 Å². The summed E-state index contributed by atoms with van der Waals surface area (Å²) in [5, 5.41) is 2.97. The molecule has 3 aromatic rings. The van der Waals surface area contributed by atoms with Crippen molar-refractivity contribution < 1.29 is 19.0 Å². The van der Waals surface area contributed by atoms with Crippen LogP contribution in [0.1, 0.15) is 27.7 Å². The Kier molecular flexibility index (Phi) is 7.05. The smallest absolute Gasteiger partial charge is 0.253 e. The molecule has 0 heterocycles. The number of aliphatic imine (C=N–C) groups is 1. The van der Waals surface area contributed by atoms with E-state index in [0.717, 1.165) is 22.6 Å². The number of carbonyl (C=O) groups is 1. The first-order valence-corrected chi connectivity index (χ1v) is 9.39. The van der Waals surface area contributed by atoms with Crippen LogP contribution in [0.15, 0.2) is 77.8 Å². The van der Waals surface area contributed by atoms with Gasteiger partial charge in [-0.25, -0.2) is 0 Å². The van der Waals surface area contributed by atoms with Crippen molar-refractivity contribution in [3.8, 4) is 17.2 Å². The normalized spacial score (nSPS) is 11.7. The van der Waals surface area contributed by atoms with Gasteiger partial charge in [0.05, 0.1) is 21.3 Å². The summed E-state index contributed by atoms with van der Waals surface area (Å²) in [7, 11) is 4.82. The molecule has 0 spiro atoms. The molecule has 6 heteroatoms. The molecule has 1 amide bonds. The molecule has 3 rings (SSSR count). The minimum Gasteiger partial charge on any atom is -0.497 e. The first-order chi connectivity index (χ1) is 14.6. The molecule has 0 aliphatic heterocycles. The predicted octanol–water partition coefficient (Wildman–Crippen LogP) is 4.26. The Labute approximate surface area is 176 Å². The van der Waals surface area contributed by atoms with Crippen LogP contribution in [-0.4, -0.2) is 33.5 Å². The fourth-order valence-corrected chi connectivity index (χ4v) is 2.79. The summed E-state index contributed by atoms with van der Waals surface area (Å²) >= 11 is 0. The number of ether oxygens (including phenoxy) is 3. The van der Waals surface area contributed by atoms with Crippen molar-refractivity contribution in [2.75, 3.05) is 21.3 Å². The Bertz CT molecular complexity index is 981. The number of methoxy groups -OCH3 is 3. The maximum absolute atomic E-state index is 12.8. The van der Waals surface area contributed by atoms with Gasteiger partial charge in [0.1, 0.15) is 23.4 Å². The van der Waals surface area contributed by atoms with E-state index in [1.165, 1.54) is 0 Å². The molecular formula is C24H24N2O4. The van der Waals surface area contributed by atoms with Crippen LogP contribution < -0.4 is 19.5 Å². The molecule has 0 saturated heterocycles. The van der Waals surface area contributed by atoms with Crippen molar-refractivity contribution in [3.63, 3.8) is 0 Å². The van der Waals surface area contributed by atoms with Crippen LogP contribution >= 0.6 is 0 Å². The molecule has 6 nitrogen and oxygen atoms in total. The molecule has 0 saturated carbocycles. The van der Waals surface area contributed by atoms with Crippen molar-refractivity contribution in [1.29, 1.82) is 0 Å². The molecule has 154 valence electrons. The summed E-state index contributed by atoms with van der Waals surface area (Å²) in [6.45, 7) is 0. The van der Waals surface area contributed by atoms with Crippen molar-refractivity contribution in [1.82, 2.24) is 5.32 Å². The summed E-state index contributed by atoms with van der Waals surface area (Å²) in [5.74, 6) is 1.96. The largest absolute Gasteiger partial charge is 0.497 e. The first kappa shape index (κ1) is 20.9. The van der Waals surface area contributed by atoms with E-state index in [-0.39, 0.29) is 5.91 Å². The van der Waals surface area contributed by atoms with Gasteiger partial charge in [-0.1, -0.05) is 12.1 Å². The standard InChI is InChI=1S/C24H24N2O4/c1-28-20-10-4-17(5-11-20)16-25-23(18-6-12-21(29-2)13-7-18)26-24(27)19-8-14-22(30-3)15-9-19/h4-16,23H,1-3H3,(H,26,27)/t23-/m0/s1. The Hall–Kier alpha value is -3.80. The summed E-state index contributed by atoms with van der Waals surface area (Å²) in [6, 6.07) is 21.9. The van der Waals surface area contributed by atoms with Crippen molar-refractivity contribution in [2.24, 2.45) is 4.99 Å². The lowest BCUT2D eigenvalue weighted by molar-refractivity contribution is 0.0938. The minimum absolute atomic E-state index is 0.231. The fraction of sp³-hybridized carbons (Fsp3) is 0.167. The SMILES string of the molecule is COc1ccc(C=N[C@@H](NC(=O)c2ccc(OC)cc2)c2ccc(OC)cc2)cc1. The van der Waals surface area contributed by atoms with E-state index >= 15 is 0 Å². The van der Waals surface area contributed by atoms with Crippen LogP contribution in [0.4, 0.5) is 0 Å². The average Bonchev–Trinajstić information content (AvgIpc) is 2.82. The van der Waals surface area contributed by atoms with Crippen LogP contribution in [0.25, 0.3) is 0 Å². The van der Waals surface area contributed by atoms with E-state index in [1.54, 1.807) is 51.8 Å². The second-order valence-electron chi connectivity index (χ2n) is 6.43. The van der Waals surface area contributed by atoms with Gasteiger partial charge < -0.3 is 19.5 Å². The highest BCUT2D eigenvalue weighted by Gasteiger charge is 2.15. The van der Waals surface area contributed by atoms with Gasteiger partial charge >= 0.3 is 0 Å². The summed E-state index contributed by atoms with van der Waals surface area (Å²) in [6.07, 6.45) is 1.16. The first-order valence-electron chi connectivity index (χ1n) is 9.39. The highest BCUT2D eigenvalue weighted by atomic mass is 16.5.